The van der Waals surface area contributed by atoms with Crippen LogP contribution in [0.2, 0.25) is 0 Å². The molecule has 0 saturated heterocycles. The highest BCUT2D eigenvalue weighted by Gasteiger charge is 2.22. The van der Waals surface area contributed by atoms with Crippen molar-refractivity contribution in [2.75, 3.05) is 6.61 Å². The van der Waals surface area contributed by atoms with Crippen molar-refractivity contribution in [2.24, 2.45) is 0 Å². The number of carbonyl (C=O) groups is 1. The van der Waals surface area contributed by atoms with Crippen LogP contribution >= 0.6 is 0 Å². The van der Waals surface area contributed by atoms with Crippen molar-refractivity contribution in [2.45, 2.75) is 231 Å². The Morgan fingerprint density at radius 1 is 0.472 bits per heavy atom. The first-order valence-corrected chi connectivity index (χ1v) is 22.6. The first-order valence-electron chi connectivity index (χ1n) is 22.6. The standard InChI is InChI=1S/C48H87NO4/c1-3-5-7-9-11-13-15-17-19-20-21-22-23-24-25-26-27-28-29-31-32-34-36-38-40-42-46(51)45(44-50)49-48(53)47(52)43-41-39-37-35-33-30-18-16-14-12-10-8-6-4-2/h12,14,16,18,27-28,32,34,40,42,45-47,50-52H,3-11,13,15,17,19-26,29-31,33,35-39,41,43-44H2,1-2H3,(H,49,53)/b14-12-,18-16-,28-27+,34-32+,42-40+. The van der Waals surface area contributed by atoms with E-state index in [0.29, 0.717) is 6.42 Å². The molecule has 0 aromatic heterocycles. The fourth-order valence-corrected chi connectivity index (χ4v) is 6.50. The maximum Gasteiger partial charge on any atom is 0.249 e. The highest BCUT2D eigenvalue weighted by molar-refractivity contribution is 5.80. The summed E-state index contributed by atoms with van der Waals surface area (Å²) < 4.78 is 0. The summed E-state index contributed by atoms with van der Waals surface area (Å²) in [6.07, 6.45) is 56.9. The van der Waals surface area contributed by atoms with E-state index in [1.807, 2.05) is 6.08 Å². The van der Waals surface area contributed by atoms with Crippen molar-refractivity contribution in [1.82, 2.24) is 5.32 Å². The second kappa shape index (κ2) is 42.8. The largest absolute Gasteiger partial charge is 0.394 e. The quantitative estimate of drug-likeness (QED) is 0.0286. The highest BCUT2D eigenvalue weighted by Crippen LogP contribution is 2.14. The molecule has 0 spiro atoms. The van der Waals surface area contributed by atoms with E-state index in [9.17, 15) is 20.1 Å². The zero-order chi connectivity index (χ0) is 38.7. The van der Waals surface area contributed by atoms with Gasteiger partial charge in [-0.15, -0.1) is 0 Å². The average molecular weight is 742 g/mol. The van der Waals surface area contributed by atoms with Crippen LogP contribution in [0.15, 0.2) is 60.8 Å². The minimum atomic E-state index is -1.12. The van der Waals surface area contributed by atoms with Crippen LogP contribution in [0.3, 0.4) is 0 Å². The van der Waals surface area contributed by atoms with Crippen LogP contribution < -0.4 is 5.32 Å². The Morgan fingerprint density at radius 2 is 0.830 bits per heavy atom. The smallest absolute Gasteiger partial charge is 0.249 e. The van der Waals surface area contributed by atoms with Gasteiger partial charge < -0.3 is 20.6 Å². The van der Waals surface area contributed by atoms with Crippen LogP contribution in [-0.2, 0) is 4.79 Å². The molecule has 5 nitrogen and oxygen atoms in total. The number of aliphatic hydroxyl groups excluding tert-OH is 3. The predicted molar refractivity (Wildman–Crippen MR) is 231 cm³/mol. The summed E-state index contributed by atoms with van der Waals surface area (Å²) in [5.74, 6) is -0.531. The van der Waals surface area contributed by atoms with Crippen LogP contribution in [0.25, 0.3) is 0 Å². The van der Waals surface area contributed by atoms with Crippen LogP contribution in [0, 0.1) is 0 Å². The van der Waals surface area contributed by atoms with Gasteiger partial charge >= 0.3 is 0 Å². The summed E-state index contributed by atoms with van der Waals surface area (Å²) in [5, 5.41) is 33.1. The lowest BCUT2D eigenvalue weighted by Gasteiger charge is -2.21. The number of rotatable bonds is 40. The molecule has 0 saturated carbocycles. The van der Waals surface area contributed by atoms with Crippen LogP contribution in [0.5, 0.6) is 0 Å². The lowest BCUT2D eigenvalue weighted by molar-refractivity contribution is -0.131. The molecule has 0 aliphatic heterocycles. The molecule has 0 aliphatic carbocycles. The molecule has 0 radical (unpaired) electrons. The fraction of sp³-hybridized carbons (Fsp3) is 0.771. The molecule has 0 fully saturated rings. The molecule has 0 aromatic carbocycles. The van der Waals surface area contributed by atoms with E-state index in [4.69, 9.17) is 0 Å². The minimum Gasteiger partial charge on any atom is -0.394 e. The van der Waals surface area contributed by atoms with Gasteiger partial charge in [-0.3, -0.25) is 4.79 Å². The molecular formula is C48H87NO4. The van der Waals surface area contributed by atoms with Gasteiger partial charge in [-0.25, -0.2) is 0 Å². The van der Waals surface area contributed by atoms with Crippen LogP contribution in [-0.4, -0.2) is 46.1 Å². The summed E-state index contributed by atoms with van der Waals surface area (Å²) >= 11 is 0. The molecule has 53 heavy (non-hydrogen) atoms. The normalized spacial score (nSPS) is 14.1. The maximum absolute atomic E-state index is 12.4. The number of allylic oxidation sites excluding steroid dienone is 9. The van der Waals surface area contributed by atoms with E-state index in [-0.39, 0.29) is 6.61 Å². The SMILES string of the molecule is CCCCC/C=C\C=C/CCCCCCCC(O)C(=O)NC(CO)C(O)/C=C/CC/C=C/CC/C=C/CCCCCCCCCCCCCCCCC. The van der Waals surface area contributed by atoms with Crippen molar-refractivity contribution in [3.63, 3.8) is 0 Å². The molecule has 0 aromatic rings. The van der Waals surface area contributed by atoms with Crippen LogP contribution in [0.1, 0.15) is 213 Å². The van der Waals surface area contributed by atoms with Gasteiger partial charge in [0.1, 0.15) is 6.10 Å². The lowest BCUT2D eigenvalue weighted by atomic mass is 10.0. The predicted octanol–water partition coefficient (Wildman–Crippen LogP) is 13.1. The summed E-state index contributed by atoms with van der Waals surface area (Å²) in [5.41, 5.74) is 0. The first-order chi connectivity index (χ1) is 26.1. The number of aliphatic hydroxyl groups is 3. The topological polar surface area (TPSA) is 89.8 Å². The number of amides is 1. The second-order valence-corrected chi connectivity index (χ2v) is 15.3. The number of unbranched alkanes of at least 4 members (excludes halogenated alkanes) is 25. The van der Waals surface area contributed by atoms with Gasteiger partial charge in [0.05, 0.1) is 18.8 Å². The zero-order valence-corrected chi connectivity index (χ0v) is 34.9. The second-order valence-electron chi connectivity index (χ2n) is 15.3. The van der Waals surface area contributed by atoms with Crippen molar-refractivity contribution < 1.29 is 20.1 Å². The summed E-state index contributed by atoms with van der Waals surface area (Å²) in [7, 11) is 0. The zero-order valence-electron chi connectivity index (χ0n) is 34.9. The Morgan fingerprint density at radius 3 is 1.30 bits per heavy atom. The number of hydrogen-bond acceptors (Lipinski definition) is 4. The molecular weight excluding hydrogens is 655 g/mol. The van der Waals surface area contributed by atoms with Crippen molar-refractivity contribution in [1.29, 1.82) is 0 Å². The molecule has 0 heterocycles. The lowest BCUT2D eigenvalue weighted by Crippen LogP contribution is -2.48. The van der Waals surface area contributed by atoms with Gasteiger partial charge in [0, 0.05) is 0 Å². The van der Waals surface area contributed by atoms with E-state index in [1.54, 1.807) is 6.08 Å². The van der Waals surface area contributed by atoms with Crippen molar-refractivity contribution in [3.8, 4) is 0 Å². The van der Waals surface area contributed by atoms with Gasteiger partial charge in [0.15, 0.2) is 0 Å². The van der Waals surface area contributed by atoms with Crippen molar-refractivity contribution >= 4 is 5.91 Å². The third-order valence-corrected chi connectivity index (χ3v) is 10.1. The Labute approximate surface area is 329 Å². The first kappa shape index (κ1) is 51.0. The summed E-state index contributed by atoms with van der Waals surface area (Å²) in [4.78, 5) is 12.4. The van der Waals surface area contributed by atoms with E-state index < -0.39 is 24.2 Å². The van der Waals surface area contributed by atoms with Crippen molar-refractivity contribution in [3.05, 3.63) is 60.8 Å². The summed E-state index contributed by atoms with van der Waals surface area (Å²) in [6.45, 7) is 4.12. The third kappa shape index (κ3) is 38.1. The molecule has 3 atom stereocenters. The van der Waals surface area contributed by atoms with E-state index in [2.05, 4.69) is 67.8 Å². The van der Waals surface area contributed by atoms with Crippen LogP contribution in [0.4, 0.5) is 0 Å². The molecule has 1 amide bonds. The highest BCUT2D eigenvalue weighted by atomic mass is 16.3. The number of hydrogen-bond donors (Lipinski definition) is 4. The van der Waals surface area contributed by atoms with Gasteiger partial charge in [-0.05, 0) is 70.6 Å². The minimum absolute atomic E-state index is 0.389. The molecule has 4 N–H and O–H groups in total. The molecule has 0 rings (SSSR count). The number of carbonyl (C=O) groups excluding carboxylic acids is 1. The fourth-order valence-electron chi connectivity index (χ4n) is 6.50. The van der Waals surface area contributed by atoms with E-state index >= 15 is 0 Å². The Bertz CT molecular complexity index is 907. The molecule has 5 heteroatoms. The molecule has 3 unspecified atom stereocenters. The van der Waals surface area contributed by atoms with E-state index in [0.717, 1.165) is 70.6 Å². The van der Waals surface area contributed by atoms with Gasteiger partial charge in [0.25, 0.3) is 0 Å². The Hall–Kier alpha value is -1.95. The monoisotopic (exact) mass is 742 g/mol. The third-order valence-electron chi connectivity index (χ3n) is 10.1. The average Bonchev–Trinajstić information content (AvgIpc) is 3.16. The van der Waals surface area contributed by atoms with Gasteiger partial charge in [0.2, 0.25) is 5.91 Å². The molecule has 308 valence electrons. The Kier molecular flexibility index (Phi) is 41.2. The Balaban J connectivity index is 3.75. The molecule has 0 bridgehead atoms. The van der Waals surface area contributed by atoms with Gasteiger partial charge in [-0.1, -0.05) is 203 Å². The summed E-state index contributed by atoms with van der Waals surface area (Å²) in [6, 6.07) is -0.829. The number of nitrogens with one attached hydrogen (secondary N) is 1. The van der Waals surface area contributed by atoms with E-state index in [1.165, 1.54) is 122 Å². The maximum atomic E-state index is 12.4. The van der Waals surface area contributed by atoms with Gasteiger partial charge in [-0.2, -0.15) is 0 Å². The molecule has 0 aliphatic rings.